The molecule has 1 aliphatic heterocycles. The molecule has 1 amide bonds. The van der Waals surface area contributed by atoms with Gasteiger partial charge in [-0.3, -0.25) is 4.79 Å². The Morgan fingerprint density at radius 3 is 3.05 bits per heavy atom. The largest absolute Gasteiger partial charge is 0.376 e. The number of carbonyl (C=O) groups excluding carboxylic acids is 1. The number of halogens is 1. The summed E-state index contributed by atoms with van der Waals surface area (Å²) >= 11 is 0. The predicted octanol–water partition coefficient (Wildman–Crippen LogP) is 1.37. The molecule has 20 heavy (non-hydrogen) atoms. The standard InChI is InChI=1S/C15H19FN2O2/c1-8-7-9(16)4-5-10(8)15(19)18-13-12(17)11-3-2-6-20-14(11)13/h4-5,7,11-14H,2-3,6,17H2,1H3,(H,18,19). The minimum Gasteiger partial charge on any atom is -0.376 e. The third-order valence-corrected chi connectivity index (χ3v) is 4.41. The highest BCUT2D eigenvalue weighted by atomic mass is 19.1. The molecule has 1 aliphatic carbocycles. The maximum atomic E-state index is 13.1. The lowest BCUT2D eigenvalue weighted by molar-refractivity contribution is -0.117. The summed E-state index contributed by atoms with van der Waals surface area (Å²) in [6, 6.07) is 3.96. The Morgan fingerprint density at radius 2 is 2.30 bits per heavy atom. The van der Waals surface area contributed by atoms with E-state index in [4.69, 9.17) is 10.5 Å². The van der Waals surface area contributed by atoms with E-state index in [2.05, 4.69) is 5.32 Å². The van der Waals surface area contributed by atoms with Gasteiger partial charge in [-0.05, 0) is 43.5 Å². The van der Waals surface area contributed by atoms with Crippen LogP contribution in [0.15, 0.2) is 18.2 Å². The zero-order valence-electron chi connectivity index (χ0n) is 11.4. The minimum atomic E-state index is -0.338. The van der Waals surface area contributed by atoms with Crippen molar-refractivity contribution in [3.63, 3.8) is 0 Å². The van der Waals surface area contributed by atoms with Crippen molar-refractivity contribution >= 4 is 5.91 Å². The van der Waals surface area contributed by atoms with Crippen molar-refractivity contribution in [1.82, 2.24) is 5.32 Å². The van der Waals surface area contributed by atoms with Crippen LogP contribution in [0, 0.1) is 18.7 Å². The number of amides is 1. The van der Waals surface area contributed by atoms with Gasteiger partial charge < -0.3 is 15.8 Å². The van der Waals surface area contributed by atoms with Crippen molar-refractivity contribution in [1.29, 1.82) is 0 Å². The molecule has 2 fully saturated rings. The van der Waals surface area contributed by atoms with E-state index in [0.717, 1.165) is 19.4 Å². The quantitative estimate of drug-likeness (QED) is 0.858. The second-order valence-corrected chi connectivity index (χ2v) is 5.68. The first kappa shape index (κ1) is 13.5. The van der Waals surface area contributed by atoms with Crippen LogP contribution in [-0.2, 0) is 4.74 Å². The fourth-order valence-electron chi connectivity index (χ4n) is 3.24. The number of nitrogens with two attached hydrogens (primary N) is 1. The minimum absolute atomic E-state index is 0.0310. The Hall–Kier alpha value is -1.46. The van der Waals surface area contributed by atoms with Gasteiger partial charge in [0.1, 0.15) is 5.82 Å². The number of ether oxygens (including phenoxy) is 1. The molecule has 1 saturated heterocycles. The van der Waals surface area contributed by atoms with Crippen LogP contribution in [0.5, 0.6) is 0 Å². The van der Waals surface area contributed by atoms with Gasteiger partial charge in [0.25, 0.3) is 5.91 Å². The third kappa shape index (κ3) is 2.21. The van der Waals surface area contributed by atoms with Crippen LogP contribution in [0.1, 0.15) is 28.8 Å². The normalized spacial score (nSPS) is 32.1. The van der Waals surface area contributed by atoms with Gasteiger partial charge in [0, 0.05) is 24.1 Å². The van der Waals surface area contributed by atoms with Gasteiger partial charge in [0.15, 0.2) is 0 Å². The lowest BCUT2D eigenvalue weighted by Gasteiger charge is -2.52. The van der Waals surface area contributed by atoms with Crippen LogP contribution in [0.4, 0.5) is 4.39 Å². The number of fused-ring (bicyclic) bond motifs is 1. The van der Waals surface area contributed by atoms with Crippen LogP contribution in [0.2, 0.25) is 0 Å². The van der Waals surface area contributed by atoms with Crippen LogP contribution < -0.4 is 11.1 Å². The second kappa shape index (κ2) is 5.14. The van der Waals surface area contributed by atoms with Gasteiger partial charge in [-0.1, -0.05) is 0 Å². The lowest BCUT2D eigenvalue weighted by atomic mass is 9.68. The van der Waals surface area contributed by atoms with E-state index in [0.29, 0.717) is 17.0 Å². The second-order valence-electron chi connectivity index (χ2n) is 5.68. The molecule has 1 saturated carbocycles. The Kier molecular flexibility index (Phi) is 3.48. The smallest absolute Gasteiger partial charge is 0.251 e. The highest BCUT2D eigenvalue weighted by Crippen LogP contribution is 2.37. The molecule has 0 aromatic heterocycles. The summed E-state index contributed by atoms with van der Waals surface area (Å²) in [5.74, 6) is -0.200. The average molecular weight is 278 g/mol. The zero-order chi connectivity index (χ0) is 14.3. The molecule has 0 radical (unpaired) electrons. The lowest BCUT2D eigenvalue weighted by Crippen LogP contribution is -2.72. The molecule has 2 aliphatic rings. The number of nitrogens with one attached hydrogen (secondary N) is 1. The van der Waals surface area contributed by atoms with E-state index in [9.17, 15) is 9.18 Å². The van der Waals surface area contributed by atoms with Crippen LogP contribution in [-0.4, -0.2) is 30.7 Å². The number of hydrogen-bond acceptors (Lipinski definition) is 3. The van der Waals surface area contributed by atoms with E-state index in [1.165, 1.54) is 18.2 Å². The molecule has 1 heterocycles. The molecule has 1 aromatic rings. The van der Waals surface area contributed by atoms with Gasteiger partial charge in [0.2, 0.25) is 0 Å². The summed E-state index contributed by atoms with van der Waals surface area (Å²) in [6.07, 6.45) is 2.13. The summed E-state index contributed by atoms with van der Waals surface area (Å²) in [4.78, 5) is 12.3. The summed E-state index contributed by atoms with van der Waals surface area (Å²) in [7, 11) is 0. The summed E-state index contributed by atoms with van der Waals surface area (Å²) in [5.41, 5.74) is 7.22. The van der Waals surface area contributed by atoms with Crippen LogP contribution >= 0.6 is 0 Å². The van der Waals surface area contributed by atoms with Crippen LogP contribution in [0.3, 0.4) is 0 Å². The average Bonchev–Trinajstić information content (AvgIpc) is 2.44. The molecule has 4 atom stereocenters. The van der Waals surface area contributed by atoms with Crippen molar-refractivity contribution < 1.29 is 13.9 Å². The molecule has 0 spiro atoms. The van der Waals surface area contributed by atoms with Gasteiger partial charge in [0.05, 0.1) is 12.1 Å². The van der Waals surface area contributed by atoms with E-state index < -0.39 is 0 Å². The fourth-order valence-corrected chi connectivity index (χ4v) is 3.24. The molecule has 4 unspecified atom stereocenters. The Bertz CT molecular complexity index is 535. The maximum Gasteiger partial charge on any atom is 0.251 e. The van der Waals surface area contributed by atoms with Crippen molar-refractivity contribution in [2.45, 2.75) is 38.0 Å². The topological polar surface area (TPSA) is 64.4 Å². The van der Waals surface area contributed by atoms with E-state index >= 15 is 0 Å². The molecule has 3 rings (SSSR count). The van der Waals surface area contributed by atoms with Crippen molar-refractivity contribution in [2.24, 2.45) is 11.7 Å². The molecular formula is C15H19FN2O2. The fraction of sp³-hybridized carbons (Fsp3) is 0.533. The Balaban J connectivity index is 1.70. The first-order valence-corrected chi connectivity index (χ1v) is 7.02. The number of benzene rings is 1. The molecule has 5 heteroatoms. The Labute approximate surface area is 117 Å². The monoisotopic (exact) mass is 278 g/mol. The van der Waals surface area contributed by atoms with Crippen LogP contribution in [0.25, 0.3) is 0 Å². The number of aryl methyl sites for hydroxylation is 1. The number of carbonyl (C=O) groups is 1. The number of hydrogen-bond donors (Lipinski definition) is 2. The summed E-state index contributed by atoms with van der Waals surface area (Å²) in [6.45, 7) is 2.45. The first-order chi connectivity index (χ1) is 9.58. The van der Waals surface area contributed by atoms with Gasteiger partial charge in [-0.2, -0.15) is 0 Å². The molecule has 0 bridgehead atoms. The molecular weight excluding hydrogens is 259 g/mol. The van der Waals surface area contributed by atoms with Crippen molar-refractivity contribution in [2.75, 3.05) is 6.61 Å². The number of rotatable bonds is 2. The Morgan fingerprint density at radius 1 is 1.50 bits per heavy atom. The highest BCUT2D eigenvalue weighted by Gasteiger charge is 2.51. The van der Waals surface area contributed by atoms with Crippen molar-refractivity contribution in [3.8, 4) is 0 Å². The van der Waals surface area contributed by atoms with E-state index in [-0.39, 0.29) is 29.9 Å². The summed E-state index contributed by atoms with van der Waals surface area (Å²) < 4.78 is 18.8. The van der Waals surface area contributed by atoms with Gasteiger partial charge in [-0.25, -0.2) is 4.39 Å². The highest BCUT2D eigenvalue weighted by molar-refractivity contribution is 5.96. The summed E-state index contributed by atoms with van der Waals surface area (Å²) in [5, 5.41) is 2.93. The maximum absolute atomic E-state index is 13.1. The zero-order valence-corrected chi connectivity index (χ0v) is 11.4. The first-order valence-electron chi connectivity index (χ1n) is 7.02. The predicted molar refractivity (Wildman–Crippen MR) is 72.8 cm³/mol. The molecule has 1 aromatic carbocycles. The van der Waals surface area contributed by atoms with Gasteiger partial charge in [-0.15, -0.1) is 0 Å². The van der Waals surface area contributed by atoms with Crippen molar-refractivity contribution in [3.05, 3.63) is 35.1 Å². The molecule has 108 valence electrons. The van der Waals surface area contributed by atoms with E-state index in [1.54, 1.807) is 6.92 Å². The van der Waals surface area contributed by atoms with Gasteiger partial charge >= 0.3 is 0 Å². The third-order valence-electron chi connectivity index (χ3n) is 4.41. The van der Waals surface area contributed by atoms with E-state index in [1.807, 2.05) is 0 Å². The molecule has 4 nitrogen and oxygen atoms in total. The molecule has 3 N–H and O–H groups in total. The SMILES string of the molecule is Cc1cc(F)ccc1C(=O)NC1C(N)C2CCCOC21.